The number of aromatic amines is 1. The van der Waals surface area contributed by atoms with E-state index in [2.05, 4.69) is 63.4 Å². The number of hydrogen-bond acceptors (Lipinski definition) is 0. The Morgan fingerprint density at radius 3 is 2.60 bits per heavy atom. The lowest BCUT2D eigenvalue weighted by Crippen LogP contribution is -1.75. The van der Waals surface area contributed by atoms with Crippen LogP contribution in [0.25, 0.3) is 21.8 Å². The summed E-state index contributed by atoms with van der Waals surface area (Å²) in [5, 5.41) is 3.50. The van der Waals surface area contributed by atoms with E-state index in [1.54, 1.807) is 0 Å². The lowest BCUT2D eigenvalue weighted by molar-refractivity contribution is 1.44. The molecule has 0 aliphatic rings. The van der Waals surface area contributed by atoms with Crippen molar-refractivity contribution < 1.29 is 0 Å². The molecular weight excluding hydrogens is 250 g/mol. The van der Waals surface area contributed by atoms with Gasteiger partial charge in [0.2, 0.25) is 0 Å². The van der Waals surface area contributed by atoms with Crippen LogP contribution in [-0.4, -0.2) is 4.98 Å². The second-order valence-corrected chi connectivity index (χ2v) is 4.24. The third-order valence-electron chi connectivity index (χ3n) is 2.72. The highest BCUT2D eigenvalue weighted by Crippen LogP contribution is 2.26. The van der Waals surface area contributed by atoms with E-state index in [0.717, 1.165) is 5.33 Å². The molecule has 74 valence electrons. The van der Waals surface area contributed by atoms with Crippen molar-refractivity contribution in [2.24, 2.45) is 0 Å². The third-order valence-corrected chi connectivity index (χ3v) is 3.37. The van der Waals surface area contributed by atoms with Gasteiger partial charge >= 0.3 is 0 Å². The van der Waals surface area contributed by atoms with Crippen LogP contribution in [-0.2, 0) is 5.33 Å². The Hall–Kier alpha value is -1.28. The monoisotopic (exact) mass is 259 g/mol. The topological polar surface area (TPSA) is 15.8 Å². The highest BCUT2D eigenvalue weighted by atomic mass is 79.9. The van der Waals surface area contributed by atoms with E-state index in [0.29, 0.717) is 0 Å². The van der Waals surface area contributed by atoms with Crippen LogP contribution < -0.4 is 0 Å². The van der Waals surface area contributed by atoms with E-state index in [1.165, 1.54) is 27.4 Å². The number of aromatic nitrogens is 1. The maximum atomic E-state index is 3.47. The van der Waals surface area contributed by atoms with Gasteiger partial charge in [-0.2, -0.15) is 0 Å². The van der Waals surface area contributed by atoms with Crippen LogP contribution in [0.15, 0.2) is 42.5 Å². The number of para-hydroxylation sites is 1. The van der Waals surface area contributed by atoms with E-state index >= 15 is 0 Å². The van der Waals surface area contributed by atoms with Gasteiger partial charge < -0.3 is 4.98 Å². The van der Waals surface area contributed by atoms with E-state index in [-0.39, 0.29) is 0 Å². The van der Waals surface area contributed by atoms with Gasteiger partial charge in [0.1, 0.15) is 0 Å². The van der Waals surface area contributed by atoms with Crippen LogP contribution in [0.3, 0.4) is 0 Å². The summed E-state index contributed by atoms with van der Waals surface area (Å²) in [4.78, 5) is 3.43. The number of H-pyrrole nitrogens is 1. The first-order valence-corrected chi connectivity index (χ1v) is 6.06. The molecule has 0 fully saturated rings. The van der Waals surface area contributed by atoms with Crippen molar-refractivity contribution in [1.29, 1.82) is 0 Å². The molecule has 0 radical (unpaired) electrons. The molecule has 1 N–H and O–H groups in total. The van der Waals surface area contributed by atoms with Crippen molar-refractivity contribution in [2.75, 3.05) is 0 Å². The first-order chi connectivity index (χ1) is 7.38. The zero-order chi connectivity index (χ0) is 10.3. The number of halogens is 1. The molecule has 0 aliphatic carbocycles. The number of fused-ring (bicyclic) bond motifs is 3. The molecule has 3 aromatic rings. The van der Waals surface area contributed by atoms with E-state index < -0.39 is 0 Å². The largest absolute Gasteiger partial charge is 0.355 e. The summed E-state index contributed by atoms with van der Waals surface area (Å²) in [5.74, 6) is 0. The lowest BCUT2D eigenvalue weighted by atomic mass is 10.1. The Morgan fingerprint density at radius 1 is 0.933 bits per heavy atom. The molecule has 0 aliphatic heterocycles. The number of benzene rings is 2. The molecule has 1 nitrogen and oxygen atoms in total. The predicted octanol–water partition coefficient (Wildman–Crippen LogP) is 4.22. The fourth-order valence-electron chi connectivity index (χ4n) is 1.98. The van der Waals surface area contributed by atoms with E-state index in [9.17, 15) is 0 Å². The molecule has 0 amide bonds. The number of rotatable bonds is 1. The Bertz CT molecular complexity index is 625. The second kappa shape index (κ2) is 3.38. The summed E-state index contributed by atoms with van der Waals surface area (Å²) >= 11 is 3.47. The molecule has 15 heavy (non-hydrogen) atoms. The minimum absolute atomic E-state index is 0.901. The quantitative estimate of drug-likeness (QED) is 0.630. The van der Waals surface area contributed by atoms with Gasteiger partial charge in [-0.1, -0.05) is 46.3 Å². The van der Waals surface area contributed by atoms with Crippen LogP contribution >= 0.6 is 15.9 Å². The van der Waals surface area contributed by atoms with Crippen molar-refractivity contribution in [3.05, 3.63) is 48.0 Å². The van der Waals surface area contributed by atoms with Gasteiger partial charge in [-0.3, -0.25) is 0 Å². The molecule has 2 heteroatoms. The molecule has 0 unspecified atom stereocenters. The van der Waals surface area contributed by atoms with Gasteiger partial charge in [-0.25, -0.2) is 0 Å². The van der Waals surface area contributed by atoms with Crippen molar-refractivity contribution in [3.8, 4) is 0 Å². The molecule has 1 aromatic heterocycles. The molecular formula is C13H10BrN. The fourth-order valence-corrected chi connectivity index (χ4v) is 2.33. The molecule has 0 saturated carbocycles. The normalized spacial score (nSPS) is 11.3. The summed E-state index contributed by atoms with van der Waals surface area (Å²) in [6.45, 7) is 0. The van der Waals surface area contributed by atoms with Crippen LogP contribution in [0.5, 0.6) is 0 Å². The standard InChI is InChI=1S/C13H10BrN/c14-8-9-5-6-11-10-3-1-2-4-12(10)15-13(11)7-9/h1-7,15H,8H2. The van der Waals surface area contributed by atoms with Gasteiger partial charge in [0, 0.05) is 27.1 Å². The van der Waals surface area contributed by atoms with Crippen molar-refractivity contribution in [1.82, 2.24) is 4.98 Å². The molecule has 0 atom stereocenters. The maximum absolute atomic E-state index is 3.47. The summed E-state index contributed by atoms with van der Waals surface area (Å²) in [6.07, 6.45) is 0. The molecule has 0 bridgehead atoms. The van der Waals surface area contributed by atoms with Crippen molar-refractivity contribution in [2.45, 2.75) is 5.33 Å². The zero-order valence-electron chi connectivity index (χ0n) is 8.13. The Labute approximate surface area is 96.2 Å². The minimum Gasteiger partial charge on any atom is -0.355 e. The first kappa shape index (κ1) is 8.98. The van der Waals surface area contributed by atoms with Crippen LogP contribution in [0, 0.1) is 0 Å². The summed E-state index contributed by atoms with van der Waals surface area (Å²) in [6, 6.07) is 15.0. The second-order valence-electron chi connectivity index (χ2n) is 3.68. The molecule has 2 aromatic carbocycles. The maximum Gasteiger partial charge on any atom is 0.0467 e. The van der Waals surface area contributed by atoms with E-state index in [1.807, 2.05) is 0 Å². The van der Waals surface area contributed by atoms with Gasteiger partial charge in [0.25, 0.3) is 0 Å². The molecule has 1 heterocycles. The summed E-state index contributed by atoms with van der Waals surface area (Å²) in [5.41, 5.74) is 3.72. The van der Waals surface area contributed by atoms with Crippen LogP contribution in [0.1, 0.15) is 5.56 Å². The molecule has 0 saturated heterocycles. The number of hydrogen-bond donors (Lipinski definition) is 1. The lowest BCUT2D eigenvalue weighted by Gasteiger charge is -1.95. The van der Waals surface area contributed by atoms with Gasteiger partial charge in [-0.15, -0.1) is 0 Å². The third kappa shape index (κ3) is 1.37. The Kier molecular flexibility index (Phi) is 2.03. The van der Waals surface area contributed by atoms with Gasteiger partial charge in [-0.05, 0) is 17.7 Å². The highest BCUT2D eigenvalue weighted by Gasteiger charge is 2.03. The van der Waals surface area contributed by atoms with E-state index in [4.69, 9.17) is 0 Å². The van der Waals surface area contributed by atoms with Crippen LogP contribution in [0.2, 0.25) is 0 Å². The number of alkyl halides is 1. The average molecular weight is 260 g/mol. The summed E-state index contributed by atoms with van der Waals surface area (Å²) in [7, 11) is 0. The predicted molar refractivity (Wildman–Crippen MR) is 68.4 cm³/mol. The molecule has 3 rings (SSSR count). The Morgan fingerprint density at radius 2 is 1.73 bits per heavy atom. The Balaban J connectivity index is 2.43. The van der Waals surface area contributed by atoms with Crippen LogP contribution in [0.4, 0.5) is 0 Å². The average Bonchev–Trinajstić information content (AvgIpc) is 2.66. The van der Waals surface area contributed by atoms with Gasteiger partial charge in [0.15, 0.2) is 0 Å². The minimum atomic E-state index is 0.901. The smallest absolute Gasteiger partial charge is 0.0467 e. The zero-order valence-corrected chi connectivity index (χ0v) is 9.71. The highest BCUT2D eigenvalue weighted by molar-refractivity contribution is 9.08. The van der Waals surface area contributed by atoms with Gasteiger partial charge in [0.05, 0.1) is 0 Å². The van der Waals surface area contributed by atoms with Crippen molar-refractivity contribution >= 4 is 37.7 Å². The molecule has 0 spiro atoms. The fraction of sp³-hybridized carbons (Fsp3) is 0.0769. The number of nitrogens with one attached hydrogen (secondary N) is 1. The van der Waals surface area contributed by atoms with Crippen molar-refractivity contribution in [3.63, 3.8) is 0 Å². The first-order valence-electron chi connectivity index (χ1n) is 4.94. The summed E-state index contributed by atoms with van der Waals surface area (Å²) < 4.78 is 0. The SMILES string of the molecule is BrCc1ccc2c(c1)[nH]c1ccccc12.